The number of carbonyl (C=O) groups excluding carboxylic acids is 1. The van der Waals surface area contributed by atoms with Crippen molar-refractivity contribution in [1.82, 2.24) is 0 Å². The molecule has 8 heteroatoms. The van der Waals surface area contributed by atoms with Crippen LogP contribution < -0.4 is 5.32 Å². The molecule has 0 saturated heterocycles. The standard InChI is InChI=1S/C15H13FN2O5/c16-10-4-3-9(6-11(10)18(22)23)17-14(19)12-7-1-2-8(5-7)13(12)15(20)21/h1-4,6-8,12-13H,5H2,(H,17,19)(H,20,21)/t7-,8+,12-,13+/m1/s1. The number of carboxylic acids is 1. The van der Waals surface area contributed by atoms with Crippen LogP contribution in [0.3, 0.4) is 0 Å². The third kappa shape index (κ3) is 2.56. The number of carboxylic acid groups (broad SMARTS) is 1. The van der Waals surface area contributed by atoms with Crippen molar-refractivity contribution in [2.45, 2.75) is 6.42 Å². The van der Waals surface area contributed by atoms with E-state index in [1.165, 1.54) is 6.07 Å². The third-order valence-corrected chi connectivity index (χ3v) is 4.46. The second-order valence-electron chi connectivity index (χ2n) is 5.75. The van der Waals surface area contributed by atoms with Gasteiger partial charge in [0, 0.05) is 11.8 Å². The Labute approximate surface area is 130 Å². The van der Waals surface area contributed by atoms with E-state index in [9.17, 15) is 29.2 Å². The van der Waals surface area contributed by atoms with Crippen molar-refractivity contribution in [1.29, 1.82) is 0 Å². The highest BCUT2D eigenvalue weighted by Crippen LogP contribution is 2.48. The molecule has 120 valence electrons. The van der Waals surface area contributed by atoms with Crippen molar-refractivity contribution in [2.24, 2.45) is 23.7 Å². The van der Waals surface area contributed by atoms with Crippen molar-refractivity contribution >= 4 is 23.3 Å². The highest BCUT2D eigenvalue weighted by atomic mass is 19.1. The molecule has 0 aliphatic heterocycles. The topological polar surface area (TPSA) is 110 Å². The van der Waals surface area contributed by atoms with Crippen LogP contribution in [0.1, 0.15) is 6.42 Å². The van der Waals surface area contributed by atoms with Gasteiger partial charge in [-0.25, -0.2) is 0 Å². The van der Waals surface area contributed by atoms with Gasteiger partial charge < -0.3 is 10.4 Å². The molecule has 0 aromatic heterocycles. The zero-order valence-corrected chi connectivity index (χ0v) is 11.8. The van der Waals surface area contributed by atoms with Gasteiger partial charge in [-0.05, 0) is 30.4 Å². The second kappa shape index (κ2) is 5.45. The number of rotatable bonds is 4. The molecule has 1 fully saturated rings. The Morgan fingerprint density at radius 2 is 1.91 bits per heavy atom. The molecular formula is C15H13FN2O5. The fourth-order valence-corrected chi connectivity index (χ4v) is 3.47. The predicted octanol–water partition coefficient (Wildman–Crippen LogP) is 2.20. The maximum absolute atomic E-state index is 13.3. The van der Waals surface area contributed by atoms with Gasteiger partial charge in [0.2, 0.25) is 11.7 Å². The number of allylic oxidation sites excluding steroid dienone is 2. The number of nitro benzene ring substituents is 1. The van der Waals surface area contributed by atoms with Crippen molar-refractivity contribution in [3.63, 3.8) is 0 Å². The van der Waals surface area contributed by atoms with E-state index < -0.39 is 40.1 Å². The molecule has 23 heavy (non-hydrogen) atoms. The van der Waals surface area contributed by atoms with Crippen molar-refractivity contribution in [3.8, 4) is 0 Å². The Kier molecular flexibility index (Phi) is 3.59. The van der Waals surface area contributed by atoms with Crippen LogP contribution in [-0.4, -0.2) is 21.9 Å². The first kappa shape index (κ1) is 15.1. The lowest BCUT2D eigenvalue weighted by molar-refractivity contribution is -0.387. The molecule has 1 saturated carbocycles. The lowest BCUT2D eigenvalue weighted by Gasteiger charge is -2.23. The number of nitro groups is 1. The number of amides is 1. The quantitative estimate of drug-likeness (QED) is 0.502. The lowest BCUT2D eigenvalue weighted by Crippen LogP contribution is -2.36. The first-order valence-corrected chi connectivity index (χ1v) is 7.04. The van der Waals surface area contributed by atoms with Crippen LogP contribution in [0.2, 0.25) is 0 Å². The van der Waals surface area contributed by atoms with Gasteiger partial charge >= 0.3 is 11.7 Å². The molecule has 2 N–H and O–H groups in total. The number of nitrogens with one attached hydrogen (secondary N) is 1. The summed E-state index contributed by atoms with van der Waals surface area (Å²) < 4.78 is 13.3. The summed E-state index contributed by atoms with van der Waals surface area (Å²) in [6.07, 6.45) is 4.26. The summed E-state index contributed by atoms with van der Waals surface area (Å²) in [5.41, 5.74) is -0.676. The smallest absolute Gasteiger partial charge is 0.307 e. The van der Waals surface area contributed by atoms with Gasteiger partial charge in [0.15, 0.2) is 0 Å². The number of nitrogens with zero attached hydrogens (tertiary/aromatic N) is 1. The number of anilines is 1. The fraction of sp³-hybridized carbons (Fsp3) is 0.333. The normalized spacial score (nSPS) is 27.9. The number of carbonyl (C=O) groups is 2. The maximum atomic E-state index is 13.3. The van der Waals surface area contributed by atoms with Crippen LogP contribution in [0, 0.1) is 39.6 Å². The summed E-state index contributed by atoms with van der Waals surface area (Å²) in [5.74, 6) is -4.42. The molecule has 1 aromatic carbocycles. The molecule has 1 aromatic rings. The molecule has 7 nitrogen and oxygen atoms in total. The van der Waals surface area contributed by atoms with Crippen LogP contribution in [0.15, 0.2) is 30.4 Å². The maximum Gasteiger partial charge on any atom is 0.307 e. The van der Waals surface area contributed by atoms with Crippen molar-refractivity contribution in [3.05, 3.63) is 46.3 Å². The van der Waals surface area contributed by atoms with Crippen LogP contribution in [0.25, 0.3) is 0 Å². The van der Waals surface area contributed by atoms with E-state index in [4.69, 9.17) is 0 Å². The number of halogens is 1. The van der Waals surface area contributed by atoms with Gasteiger partial charge in [-0.2, -0.15) is 4.39 Å². The molecule has 0 spiro atoms. The number of aliphatic carboxylic acids is 1. The van der Waals surface area contributed by atoms with Crippen LogP contribution >= 0.6 is 0 Å². The SMILES string of the molecule is O=C(O)[C@@H]1[C@H](C(=O)Nc2ccc(F)c([N+](=O)[O-])c2)[C@@H]2C=C[C@H]1C2. The molecule has 3 rings (SSSR count). The average Bonchev–Trinajstić information content (AvgIpc) is 3.09. The Morgan fingerprint density at radius 3 is 2.52 bits per heavy atom. The number of hydrogen-bond donors (Lipinski definition) is 2. The Bertz CT molecular complexity index is 733. The Morgan fingerprint density at radius 1 is 1.26 bits per heavy atom. The van der Waals surface area contributed by atoms with E-state index in [0.29, 0.717) is 6.42 Å². The molecule has 0 unspecified atom stereocenters. The monoisotopic (exact) mass is 320 g/mol. The highest BCUT2D eigenvalue weighted by molar-refractivity contribution is 5.96. The van der Waals surface area contributed by atoms with E-state index in [1.807, 2.05) is 12.2 Å². The molecule has 2 bridgehead atoms. The first-order valence-electron chi connectivity index (χ1n) is 7.04. The average molecular weight is 320 g/mol. The zero-order valence-electron chi connectivity index (χ0n) is 11.8. The van der Waals surface area contributed by atoms with Crippen LogP contribution in [0.4, 0.5) is 15.8 Å². The van der Waals surface area contributed by atoms with Gasteiger partial charge in [0.25, 0.3) is 0 Å². The molecule has 0 radical (unpaired) electrons. The second-order valence-corrected chi connectivity index (χ2v) is 5.75. The minimum absolute atomic E-state index is 0.0685. The predicted molar refractivity (Wildman–Crippen MR) is 77.0 cm³/mol. The van der Waals surface area contributed by atoms with Crippen molar-refractivity contribution < 1.29 is 24.0 Å². The largest absolute Gasteiger partial charge is 0.481 e. The van der Waals surface area contributed by atoms with E-state index in [2.05, 4.69) is 5.32 Å². The van der Waals surface area contributed by atoms with Gasteiger partial charge in [-0.15, -0.1) is 0 Å². The van der Waals surface area contributed by atoms with E-state index in [-0.39, 0.29) is 17.5 Å². The lowest BCUT2D eigenvalue weighted by atomic mass is 9.82. The minimum Gasteiger partial charge on any atom is -0.481 e. The summed E-state index contributed by atoms with van der Waals surface area (Å²) in [4.78, 5) is 33.7. The number of hydrogen-bond acceptors (Lipinski definition) is 4. The summed E-state index contributed by atoms with van der Waals surface area (Å²) in [5, 5.41) is 22.5. The molecular weight excluding hydrogens is 307 g/mol. The van der Waals surface area contributed by atoms with E-state index in [1.54, 1.807) is 0 Å². The summed E-state index contributed by atoms with van der Waals surface area (Å²) in [6, 6.07) is 3.02. The van der Waals surface area contributed by atoms with Gasteiger partial charge in [-0.3, -0.25) is 19.7 Å². The summed E-state index contributed by atoms with van der Waals surface area (Å²) >= 11 is 0. The van der Waals surface area contributed by atoms with Crippen LogP contribution in [-0.2, 0) is 9.59 Å². The molecule has 4 atom stereocenters. The summed E-state index contributed by atoms with van der Waals surface area (Å²) in [6.45, 7) is 0. The molecule has 2 aliphatic carbocycles. The van der Waals surface area contributed by atoms with E-state index in [0.717, 1.165) is 12.1 Å². The van der Waals surface area contributed by atoms with Crippen LogP contribution in [0.5, 0.6) is 0 Å². The Balaban J connectivity index is 1.82. The van der Waals surface area contributed by atoms with Gasteiger partial charge in [0.1, 0.15) is 0 Å². The molecule has 2 aliphatic rings. The number of fused-ring (bicyclic) bond motifs is 2. The van der Waals surface area contributed by atoms with Gasteiger partial charge in [0.05, 0.1) is 16.8 Å². The zero-order chi connectivity index (χ0) is 16.7. The molecule has 0 heterocycles. The fourth-order valence-electron chi connectivity index (χ4n) is 3.47. The third-order valence-electron chi connectivity index (χ3n) is 4.46. The minimum atomic E-state index is -1.04. The van der Waals surface area contributed by atoms with Crippen molar-refractivity contribution in [2.75, 3.05) is 5.32 Å². The van der Waals surface area contributed by atoms with Gasteiger partial charge in [-0.1, -0.05) is 12.2 Å². The van der Waals surface area contributed by atoms with E-state index >= 15 is 0 Å². The Hall–Kier alpha value is -2.77. The number of benzene rings is 1. The first-order chi connectivity index (χ1) is 10.9. The molecule has 1 amide bonds. The highest BCUT2D eigenvalue weighted by Gasteiger charge is 2.51. The summed E-state index contributed by atoms with van der Waals surface area (Å²) in [7, 11) is 0.